The molecule has 1 atom stereocenters. The predicted octanol–water partition coefficient (Wildman–Crippen LogP) is 1.16. The number of hydrogen-bond acceptors (Lipinski definition) is 4. The lowest BCUT2D eigenvalue weighted by atomic mass is 10.0. The van der Waals surface area contributed by atoms with Crippen molar-refractivity contribution in [3.05, 3.63) is 23.8 Å². The Morgan fingerprint density at radius 3 is 2.56 bits per heavy atom. The van der Waals surface area contributed by atoms with Crippen molar-refractivity contribution >= 4 is 5.78 Å². The molecule has 2 N–H and O–H groups in total. The first-order chi connectivity index (χ1) is 7.58. The fourth-order valence-corrected chi connectivity index (χ4v) is 1.42. The lowest BCUT2D eigenvalue weighted by Gasteiger charge is -2.13. The van der Waals surface area contributed by atoms with Gasteiger partial charge in [-0.25, -0.2) is 0 Å². The van der Waals surface area contributed by atoms with Gasteiger partial charge in [-0.05, 0) is 37.1 Å². The average Bonchev–Trinajstić information content (AvgIpc) is 2.28. The van der Waals surface area contributed by atoms with Gasteiger partial charge in [-0.2, -0.15) is 0 Å². The zero-order valence-electron chi connectivity index (χ0n) is 9.82. The number of hydrogen-bond donors (Lipinski definition) is 1. The van der Waals surface area contributed by atoms with E-state index in [1.165, 1.54) is 6.92 Å². The maximum absolute atomic E-state index is 11.1. The van der Waals surface area contributed by atoms with Crippen LogP contribution in [0.2, 0.25) is 0 Å². The molecule has 0 fully saturated rings. The van der Waals surface area contributed by atoms with Gasteiger partial charge in [0.2, 0.25) is 0 Å². The Morgan fingerprint density at radius 2 is 2.06 bits per heavy atom. The third-order valence-corrected chi connectivity index (χ3v) is 2.45. The number of Topliss-reactive ketones (excluding diaryl/α,β-unsaturated/α-hetero) is 1. The molecule has 0 radical (unpaired) electrons. The molecule has 1 rings (SSSR count). The molecular formula is C12H17NO3. The van der Waals surface area contributed by atoms with Crippen LogP contribution in [0.3, 0.4) is 0 Å². The van der Waals surface area contributed by atoms with Crippen molar-refractivity contribution in [1.29, 1.82) is 0 Å². The van der Waals surface area contributed by atoms with Crippen molar-refractivity contribution in [2.45, 2.75) is 19.4 Å². The number of ketones is 1. The number of methoxy groups -OCH3 is 2. The molecule has 1 aromatic carbocycles. The van der Waals surface area contributed by atoms with E-state index in [2.05, 4.69) is 0 Å². The molecule has 0 aliphatic heterocycles. The van der Waals surface area contributed by atoms with Gasteiger partial charge < -0.3 is 15.2 Å². The molecule has 0 aliphatic carbocycles. The molecule has 0 aliphatic rings. The Morgan fingerprint density at radius 1 is 1.38 bits per heavy atom. The molecule has 0 aromatic heterocycles. The van der Waals surface area contributed by atoms with Crippen LogP contribution in [0.1, 0.15) is 12.5 Å². The predicted molar refractivity (Wildman–Crippen MR) is 61.9 cm³/mol. The maximum atomic E-state index is 11.1. The lowest BCUT2D eigenvalue weighted by Crippen LogP contribution is -2.30. The number of carbonyl (C=O) groups is 1. The smallest absolute Gasteiger partial charge is 0.146 e. The summed E-state index contributed by atoms with van der Waals surface area (Å²) in [6, 6.07) is 4.95. The van der Waals surface area contributed by atoms with E-state index in [0.29, 0.717) is 6.42 Å². The van der Waals surface area contributed by atoms with E-state index < -0.39 is 6.04 Å². The topological polar surface area (TPSA) is 61.6 Å². The van der Waals surface area contributed by atoms with Crippen molar-refractivity contribution in [3.63, 3.8) is 0 Å². The molecule has 0 spiro atoms. The minimum Gasteiger partial charge on any atom is -0.497 e. The van der Waals surface area contributed by atoms with Crippen LogP contribution >= 0.6 is 0 Å². The Bertz CT molecular complexity index is 377. The van der Waals surface area contributed by atoms with Crippen molar-refractivity contribution in [3.8, 4) is 11.5 Å². The van der Waals surface area contributed by atoms with E-state index in [-0.39, 0.29) is 5.78 Å². The molecule has 88 valence electrons. The molecule has 0 amide bonds. The third kappa shape index (κ3) is 2.97. The van der Waals surface area contributed by atoms with Crippen LogP contribution in [-0.2, 0) is 11.2 Å². The molecule has 0 heterocycles. The molecular weight excluding hydrogens is 206 g/mol. The van der Waals surface area contributed by atoms with Gasteiger partial charge >= 0.3 is 0 Å². The van der Waals surface area contributed by atoms with Crippen LogP contribution in [0.5, 0.6) is 11.5 Å². The molecule has 0 bridgehead atoms. The van der Waals surface area contributed by atoms with Gasteiger partial charge in [0.1, 0.15) is 17.3 Å². The van der Waals surface area contributed by atoms with Crippen LogP contribution in [-0.4, -0.2) is 26.0 Å². The summed E-state index contributed by atoms with van der Waals surface area (Å²) >= 11 is 0. The quantitative estimate of drug-likeness (QED) is 0.813. The minimum absolute atomic E-state index is 0.0372. The highest BCUT2D eigenvalue weighted by Crippen LogP contribution is 2.24. The van der Waals surface area contributed by atoms with E-state index in [0.717, 1.165) is 17.1 Å². The summed E-state index contributed by atoms with van der Waals surface area (Å²) in [5.41, 5.74) is 6.60. The summed E-state index contributed by atoms with van der Waals surface area (Å²) in [4.78, 5) is 11.1. The number of rotatable bonds is 5. The molecule has 0 saturated carbocycles. The Kier molecular flexibility index (Phi) is 4.31. The highest BCUT2D eigenvalue weighted by atomic mass is 16.5. The van der Waals surface area contributed by atoms with Gasteiger partial charge in [-0.1, -0.05) is 0 Å². The van der Waals surface area contributed by atoms with Gasteiger partial charge in [-0.15, -0.1) is 0 Å². The van der Waals surface area contributed by atoms with Gasteiger partial charge in [0.15, 0.2) is 0 Å². The summed E-state index contributed by atoms with van der Waals surface area (Å²) < 4.78 is 10.3. The van der Waals surface area contributed by atoms with Gasteiger partial charge in [0.25, 0.3) is 0 Å². The molecule has 4 nitrogen and oxygen atoms in total. The van der Waals surface area contributed by atoms with Crippen LogP contribution in [0.25, 0.3) is 0 Å². The van der Waals surface area contributed by atoms with Crippen molar-refractivity contribution < 1.29 is 14.3 Å². The Balaban J connectivity index is 2.95. The van der Waals surface area contributed by atoms with Crippen LogP contribution in [0, 0.1) is 0 Å². The van der Waals surface area contributed by atoms with Crippen molar-refractivity contribution in [2.75, 3.05) is 14.2 Å². The summed E-state index contributed by atoms with van der Waals surface area (Å²) in [6.45, 7) is 1.48. The standard InChI is InChI=1S/C12H17NO3/c1-8(14)11(13)7-9-6-10(15-2)4-5-12(9)16-3/h4-6,11H,7,13H2,1-3H3. The highest BCUT2D eigenvalue weighted by molar-refractivity contribution is 5.81. The fourth-order valence-electron chi connectivity index (χ4n) is 1.42. The van der Waals surface area contributed by atoms with Crippen LogP contribution < -0.4 is 15.2 Å². The van der Waals surface area contributed by atoms with Crippen LogP contribution in [0.4, 0.5) is 0 Å². The van der Waals surface area contributed by atoms with E-state index in [1.54, 1.807) is 20.3 Å². The first-order valence-corrected chi connectivity index (χ1v) is 5.05. The third-order valence-electron chi connectivity index (χ3n) is 2.45. The lowest BCUT2D eigenvalue weighted by molar-refractivity contribution is -0.118. The summed E-state index contributed by atoms with van der Waals surface area (Å²) in [5.74, 6) is 1.41. The molecule has 16 heavy (non-hydrogen) atoms. The van der Waals surface area contributed by atoms with Gasteiger partial charge in [0, 0.05) is 0 Å². The Labute approximate surface area is 95.3 Å². The second-order valence-corrected chi connectivity index (χ2v) is 3.60. The normalized spacial score (nSPS) is 12.0. The van der Waals surface area contributed by atoms with E-state index in [1.807, 2.05) is 12.1 Å². The van der Waals surface area contributed by atoms with E-state index >= 15 is 0 Å². The van der Waals surface area contributed by atoms with Crippen molar-refractivity contribution in [1.82, 2.24) is 0 Å². The minimum atomic E-state index is -0.499. The molecule has 0 saturated heterocycles. The Hall–Kier alpha value is -1.55. The zero-order chi connectivity index (χ0) is 12.1. The number of nitrogens with two attached hydrogens (primary N) is 1. The largest absolute Gasteiger partial charge is 0.497 e. The summed E-state index contributed by atoms with van der Waals surface area (Å²) in [5, 5.41) is 0. The summed E-state index contributed by atoms with van der Waals surface area (Å²) in [6.07, 6.45) is 0.454. The number of benzene rings is 1. The van der Waals surface area contributed by atoms with Crippen molar-refractivity contribution in [2.24, 2.45) is 5.73 Å². The molecule has 1 unspecified atom stereocenters. The van der Waals surface area contributed by atoms with Crippen LogP contribution in [0.15, 0.2) is 18.2 Å². The first-order valence-electron chi connectivity index (χ1n) is 5.05. The maximum Gasteiger partial charge on any atom is 0.146 e. The second kappa shape index (κ2) is 5.51. The summed E-state index contributed by atoms with van der Waals surface area (Å²) in [7, 11) is 3.18. The monoisotopic (exact) mass is 223 g/mol. The van der Waals surface area contributed by atoms with E-state index in [4.69, 9.17) is 15.2 Å². The number of carbonyl (C=O) groups excluding carboxylic acids is 1. The molecule has 4 heteroatoms. The number of ether oxygens (including phenoxy) is 2. The highest BCUT2D eigenvalue weighted by Gasteiger charge is 2.13. The van der Waals surface area contributed by atoms with Gasteiger partial charge in [-0.3, -0.25) is 4.79 Å². The molecule has 1 aromatic rings. The van der Waals surface area contributed by atoms with E-state index in [9.17, 15) is 4.79 Å². The zero-order valence-corrected chi connectivity index (χ0v) is 9.82. The van der Waals surface area contributed by atoms with Gasteiger partial charge in [0.05, 0.1) is 20.3 Å². The average molecular weight is 223 g/mol. The first kappa shape index (κ1) is 12.5. The second-order valence-electron chi connectivity index (χ2n) is 3.60. The fraction of sp³-hybridized carbons (Fsp3) is 0.417. The SMILES string of the molecule is COc1ccc(OC)c(CC(N)C(C)=O)c1.